The Labute approximate surface area is 167 Å². The number of carbonyl (C=O) groups excluding carboxylic acids is 1. The van der Waals surface area contributed by atoms with Crippen LogP contribution in [0.2, 0.25) is 0 Å². The molecular formula is C19H22FN5O2S. The number of nitrogens with zero attached hydrogens (tertiary/aromatic N) is 2. The van der Waals surface area contributed by atoms with Crippen molar-refractivity contribution in [2.75, 3.05) is 32.6 Å². The molecule has 1 saturated heterocycles. The highest BCUT2D eigenvalue weighted by Gasteiger charge is 2.16. The Hall–Kier alpha value is -2.62. The average molecular weight is 403 g/mol. The number of nitrogens with one attached hydrogen (secondary N) is 3. The quantitative estimate of drug-likeness (QED) is 0.549. The molecule has 1 fully saturated rings. The first-order valence-electron chi connectivity index (χ1n) is 8.74. The van der Waals surface area contributed by atoms with E-state index in [1.807, 2.05) is 31.3 Å². The highest BCUT2D eigenvalue weighted by atomic mass is 32.2. The zero-order valence-electron chi connectivity index (χ0n) is 15.6. The third kappa shape index (κ3) is 4.27. The molecule has 0 saturated carbocycles. The Morgan fingerprint density at radius 2 is 2.07 bits per heavy atom. The molecule has 148 valence electrons. The molecule has 1 aromatic carbocycles. The number of carbonyl (C=O) groups is 1. The van der Waals surface area contributed by atoms with Gasteiger partial charge in [-0.05, 0) is 25.2 Å². The number of fused-ring (bicyclic) bond motifs is 1. The number of rotatable bonds is 6. The lowest BCUT2D eigenvalue weighted by molar-refractivity contribution is -0.105. The van der Waals surface area contributed by atoms with E-state index < -0.39 is 0 Å². The van der Waals surface area contributed by atoms with Crippen LogP contribution >= 0.6 is 12.3 Å². The largest absolute Gasteiger partial charge is 0.496 e. The molecule has 3 heterocycles. The van der Waals surface area contributed by atoms with Gasteiger partial charge in [0.25, 0.3) is 0 Å². The van der Waals surface area contributed by atoms with Crippen molar-refractivity contribution in [1.82, 2.24) is 19.6 Å². The van der Waals surface area contributed by atoms with Gasteiger partial charge in [0.2, 0.25) is 6.41 Å². The number of likely N-dealkylation sites (N-methyl/N-ethyl adjacent to an activating group) is 1. The summed E-state index contributed by atoms with van der Waals surface area (Å²) < 4.78 is 19.9. The molecule has 0 bridgehead atoms. The SMILES string of the molecule is CNC1CNC1.COc1ccccc1-c1cn(SF)c2nc(NC=O)ccc12. The highest BCUT2D eigenvalue weighted by Crippen LogP contribution is 2.37. The van der Waals surface area contributed by atoms with Crippen LogP contribution in [0, 0.1) is 0 Å². The number of para-hydroxylation sites is 1. The summed E-state index contributed by atoms with van der Waals surface area (Å²) >= 11 is 0.0513. The third-order valence-corrected chi connectivity index (χ3v) is 4.92. The van der Waals surface area contributed by atoms with E-state index >= 15 is 0 Å². The number of aromatic nitrogens is 2. The van der Waals surface area contributed by atoms with Crippen LogP contribution in [0.1, 0.15) is 0 Å². The predicted octanol–water partition coefficient (Wildman–Crippen LogP) is 2.84. The Kier molecular flexibility index (Phi) is 6.85. The molecule has 4 rings (SSSR count). The number of anilines is 1. The fourth-order valence-electron chi connectivity index (χ4n) is 2.84. The Balaban J connectivity index is 0.000000320. The van der Waals surface area contributed by atoms with Gasteiger partial charge in [0.1, 0.15) is 11.6 Å². The fourth-order valence-corrected chi connectivity index (χ4v) is 3.19. The van der Waals surface area contributed by atoms with Gasteiger partial charge in [0.05, 0.1) is 7.11 Å². The number of amides is 1. The number of ether oxygens (including phenoxy) is 1. The van der Waals surface area contributed by atoms with Gasteiger partial charge in [0.15, 0.2) is 18.0 Å². The van der Waals surface area contributed by atoms with Crippen LogP contribution in [-0.4, -0.2) is 48.7 Å². The van der Waals surface area contributed by atoms with Gasteiger partial charge in [-0.1, -0.05) is 18.2 Å². The molecule has 0 unspecified atom stereocenters. The zero-order valence-corrected chi connectivity index (χ0v) is 16.4. The van der Waals surface area contributed by atoms with Gasteiger partial charge >= 0.3 is 0 Å². The number of methoxy groups -OCH3 is 1. The van der Waals surface area contributed by atoms with Gasteiger partial charge in [-0.3, -0.25) is 4.79 Å². The van der Waals surface area contributed by atoms with Crippen molar-refractivity contribution in [1.29, 1.82) is 0 Å². The molecule has 3 aromatic rings. The molecule has 0 spiro atoms. The van der Waals surface area contributed by atoms with Crippen molar-refractivity contribution >= 4 is 35.6 Å². The van der Waals surface area contributed by atoms with Crippen molar-refractivity contribution in [3.05, 3.63) is 42.6 Å². The molecule has 1 amide bonds. The number of pyridine rings is 1. The van der Waals surface area contributed by atoms with E-state index in [0.29, 0.717) is 23.6 Å². The minimum absolute atomic E-state index is 0.0513. The Bertz CT molecular complexity index is 942. The van der Waals surface area contributed by atoms with E-state index in [2.05, 4.69) is 20.9 Å². The molecule has 0 aliphatic carbocycles. The highest BCUT2D eigenvalue weighted by molar-refractivity contribution is 7.92. The fraction of sp³-hybridized carbons (Fsp3) is 0.263. The molecule has 3 N–H and O–H groups in total. The first-order chi connectivity index (χ1) is 13.7. The zero-order chi connectivity index (χ0) is 19.9. The average Bonchev–Trinajstić information content (AvgIpc) is 3.06. The van der Waals surface area contributed by atoms with Crippen LogP contribution in [0.4, 0.5) is 9.70 Å². The lowest BCUT2D eigenvalue weighted by atomic mass is 10.0. The van der Waals surface area contributed by atoms with Crippen molar-refractivity contribution in [2.45, 2.75) is 6.04 Å². The van der Waals surface area contributed by atoms with Gasteiger partial charge in [0, 0.05) is 41.8 Å². The number of halogens is 1. The number of hydrogen-bond donors (Lipinski definition) is 3. The molecule has 0 radical (unpaired) electrons. The molecule has 1 aliphatic heterocycles. The summed E-state index contributed by atoms with van der Waals surface area (Å²) in [4.78, 5) is 14.8. The maximum absolute atomic E-state index is 13.2. The van der Waals surface area contributed by atoms with E-state index in [1.54, 1.807) is 25.4 Å². The first kappa shape index (κ1) is 20.1. The Morgan fingerprint density at radius 1 is 1.29 bits per heavy atom. The van der Waals surface area contributed by atoms with E-state index in [1.165, 1.54) is 3.97 Å². The molecule has 9 heteroatoms. The minimum Gasteiger partial charge on any atom is -0.496 e. The molecule has 1 aliphatic rings. The molecular weight excluding hydrogens is 381 g/mol. The van der Waals surface area contributed by atoms with Gasteiger partial charge in [-0.15, -0.1) is 3.89 Å². The molecule has 0 atom stereocenters. The second-order valence-corrected chi connectivity index (χ2v) is 6.64. The maximum Gasteiger partial charge on any atom is 0.212 e. The number of benzene rings is 1. The van der Waals surface area contributed by atoms with Gasteiger partial charge < -0.3 is 20.7 Å². The van der Waals surface area contributed by atoms with E-state index in [-0.39, 0.29) is 12.3 Å². The van der Waals surface area contributed by atoms with Crippen molar-refractivity contribution in [3.8, 4) is 16.9 Å². The van der Waals surface area contributed by atoms with Crippen LogP contribution in [-0.2, 0) is 4.79 Å². The number of hydrogen-bond acceptors (Lipinski definition) is 6. The van der Waals surface area contributed by atoms with Crippen LogP contribution < -0.4 is 20.7 Å². The summed E-state index contributed by atoms with van der Waals surface area (Å²) in [6.07, 6.45) is 2.19. The monoisotopic (exact) mass is 403 g/mol. The van der Waals surface area contributed by atoms with Crippen LogP contribution in [0.15, 0.2) is 42.6 Å². The van der Waals surface area contributed by atoms with Crippen LogP contribution in [0.5, 0.6) is 5.75 Å². The minimum atomic E-state index is 0.0513. The Morgan fingerprint density at radius 3 is 2.64 bits per heavy atom. The summed E-state index contributed by atoms with van der Waals surface area (Å²) in [6.45, 7) is 2.30. The third-order valence-electron chi connectivity index (χ3n) is 4.49. The molecule has 28 heavy (non-hydrogen) atoms. The van der Waals surface area contributed by atoms with Crippen molar-refractivity contribution in [3.63, 3.8) is 0 Å². The first-order valence-corrected chi connectivity index (χ1v) is 9.42. The molecule has 7 nitrogen and oxygen atoms in total. The van der Waals surface area contributed by atoms with E-state index in [4.69, 9.17) is 4.74 Å². The summed E-state index contributed by atoms with van der Waals surface area (Å²) in [7, 11) is 3.58. The lowest BCUT2D eigenvalue weighted by Crippen LogP contribution is -2.54. The standard InChI is InChI=1S/C15H12FN3O2S.C4H10N2/c1-21-13-5-3-2-4-10(13)12-8-19(22-16)15-11(12)6-7-14(18-15)17-9-20;1-5-4-2-6-3-4/h2-9H,1H3,(H,17,18,20);4-6H,2-3H2,1H3. The van der Waals surface area contributed by atoms with Crippen LogP contribution in [0.25, 0.3) is 22.2 Å². The van der Waals surface area contributed by atoms with E-state index in [9.17, 15) is 8.68 Å². The summed E-state index contributed by atoms with van der Waals surface area (Å²) in [5, 5.41) is 9.52. The topological polar surface area (TPSA) is 80.2 Å². The van der Waals surface area contributed by atoms with Crippen molar-refractivity contribution in [2.24, 2.45) is 0 Å². The maximum atomic E-state index is 13.2. The van der Waals surface area contributed by atoms with Gasteiger partial charge in [-0.25, -0.2) is 8.96 Å². The van der Waals surface area contributed by atoms with Crippen LogP contribution in [0.3, 0.4) is 0 Å². The molecule has 2 aromatic heterocycles. The predicted molar refractivity (Wildman–Crippen MR) is 111 cm³/mol. The lowest BCUT2D eigenvalue weighted by Gasteiger charge is -2.25. The van der Waals surface area contributed by atoms with E-state index in [0.717, 1.165) is 35.6 Å². The summed E-state index contributed by atoms with van der Waals surface area (Å²) in [6, 6.07) is 11.7. The second kappa shape index (κ2) is 9.54. The van der Waals surface area contributed by atoms with Crippen molar-refractivity contribution < 1.29 is 13.4 Å². The van der Waals surface area contributed by atoms with Gasteiger partial charge in [-0.2, -0.15) is 0 Å². The summed E-state index contributed by atoms with van der Waals surface area (Å²) in [5.74, 6) is 1.06. The second-order valence-electron chi connectivity index (χ2n) is 6.11. The summed E-state index contributed by atoms with van der Waals surface area (Å²) in [5.41, 5.74) is 2.09. The smallest absolute Gasteiger partial charge is 0.212 e. The normalized spacial score (nSPS) is 13.4.